The average molecular weight is 387 g/mol. The van der Waals surface area contributed by atoms with Crippen molar-refractivity contribution in [2.45, 2.75) is 44.6 Å². The van der Waals surface area contributed by atoms with E-state index in [2.05, 4.69) is 10.6 Å². The van der Waals surface area contributed by atoms with Gasteiger partial charge < -0.3 is 15.7 Å². The molecule has 27 heavy (non-hydrogen) atoms. The summed E-state index contributed by atoms with van der Waals surface area (Å²) in [4.78, 5) is 26.2. The fourth-order valence-corrected chi connectivity index (χ4v) is 2.90. The molecule has 0 aromatic heterocycles. The average Bonchev–Trinajstić information content (AvgIpc) is 2.57. The van der Waals surface area contributed by atoms with Gasteiger partial charge in [-0.2, -0.15) is 13.2 Å². The maximum atomic E-state index is 12.9. The third-order valence-corrected chi connectivity index (χ3v) is 4.33. The van der Waals surface area contributed by atoms with E-state index in [0.29, 0.717) is 18.7 Å². The van der Waals surface area contributed by atoms with Crippen molar-refractivity contribution >= 4 is 11.8 Å². The number of nitrogens with one attached hydrogen (secondary N) is 2. The first kappa shape index (κ1) is 21.2. The van der Waals surface area contributed by atoms with Gasteiger partial charge >= 0.3 is 6.18 Å². The van der Waals surface area contributed by atoms with Gasteiger partial charge in [-0.05, 0) is 25.5 Å². The molecule has 1 fully saturated rings. The number of amides is 2. The second-order valence-electron chi connectivity index (χ2n) is 7.27. The van der Waals surface area contributed by atoms with Gasteiger partial charge in [0.2, 0.25) is 11.8 Å². The highest BCUT2D eigenvalue weighted by Crippen LogP contribution is 2.30. The minimum Gasteiger partial charge on any atom is -0.394 e. The number of alkyl halides is 3. The lowest BCUT2D eigenvalue weighted by atomic mass is 10.0. The number of hydrogen-bond donors (Lipinski definition) is 3. The summed E-state index contributed by atoms with van der Waals surface area (Å²) in [6, 6.07) is 4.15. The zero-order valence-electron chi connectivity index (χ0n) is 15.3. The molecule has 1 aliphatic rings. The largest absolute Gasteiger partial charge is 0.416 e. The van der Waals surface area contributed by atoms with E-state index < -0.39 is 29.2 Å². The number of aliphatic hydroxyl groups excluding tert-OH is 1. The van der Waals surface area contributed by atoms with Gasteiger partial charge in [0.05, 0.1) is 30.2 Å². The minimum atomic E-state index is -4.44. The van der Waals surface area contributed by atoms with Crippen molar-refractivity contribution in [1.82, 2.24) is 15.5 Å². The monoisotopic (exact) mass is 387 g/mol. The number of piperazine rings is 1. The van der Waals surface area contributed by atoms with Gasteiger partial charge in [-0.3, -0.25) is 14.5 Å². The summed E-state index contributed by atoms with van der Waals surface area (Å²) in [6.45, 7) is 3.93. The third kappa shape index (κ3) is 5.93. The third-order valence-electron chi connectivity index (χ3n) is 4.33. The van der Waals surface area contributed by atoms with Crippen molar-refractivity contribution in [3.8, 4) is 0 Å². The standard InChI is InChI=1S/C18H24F3N3O3/c1-17(2,11-25)23-15(26)9-14-16(27)22-6-7-24(14)10-12-4-3-5-13(8-12)18(19,20)21/h3-5,8,14,25H,6-7,9-11H2,1-2H3,(H,22,27)(H,23,26). The second kappa shape index (κ2) is 8.26. The predicted octanol–water partition coefficient (Wildman–Crippen LogP) is 1.28. The van der Waals surface area contributed by atoms with Crippen LogP contribution in [0.1, 0.15) is 31.4 Å². The number of carbonyl (C=O) groups is 2. The number of aliphatic hydroxyl groups is 1. The lowest BCUT2D eigenvalue weighted by Gasteiger charge is -2.35. The van der Waals surface area contributed by atoms with E-state index in [9.17, 15) is 27.9 Å². The normalized spacial score (nSPS) is 18.9. The molecule has 1 saturated heterocycles. The molecule has 1 unspecified atom stereocenters. The van der Waals surface area contributed by atoms with Gasteiger partial charge in [0.25, 0.3) is 0 Å². The summed E-state index contributed by atoms with van der Waals surface area (Å²) >= 11 is 0. The van der Waals surface area contributed by atoms with E-state index in [4.69, 9.17) is 0 Å². The fourth-order valence-electron chi connectivity index (χ4n) is 2.90. The Morgan fingerprint density at radius 1 is 1.37 bits per heavy atom. The van der Waals surface area contributed by atoms with Crippen molar-refractivity contribution in [2.75, 3.05) is 19.7 Å². The molecule has 9 heteroatoms. The van der Waals surface area contributed by atoms with Crippen LogP contribution in [0.5, 0.6) is 0 Å². The van der Waals surface area contributed by atoms with Gasteiger partial charge in [0.15, 0.2) is 0 Å². The van der Waals surface area contributed by atoms with Crippen LogP contribution in [0.4, 0.5) is 13.2 Å². The highest BCUT2D eigenvalue weighted by molar-refractivity contribution is 5.89. The lowest BCUT2D eigenvalue weighted by Crippen LogP contribution is -2.57. The number of benzene rings is 1. The summed E-state index contributed by atoms with van der Waals surface area (Å²) in [7, 11) is 0. The Morgan fingerprint density at radius 3 is 2.70 bits per heavy atom. The Hall–Kier alpha value is -2.13. The SMILES string of the molecule is CC(C)(CO)NC(=O)CC1C(=O)NCCN1Cc1cccc(C(F)(F)F)c1. The summed E-state index contributed by atoms with van der Waals surface area (Å²) in [6.07, 6.45) is -4.58. The molecule has 2 amide bonds. The molecular formula is C18H24F3N3O3. The first-order valence-electron chi connectivity index (χ1n) is 8.61. The molecule has 0 bridgehead atoms. The van der Waals surface area contributed by atoms with Gasteiger partial charge in [0, 0.05) is 19.6 Å². The lowest BCUT2D eigenvalue weighted by molar-refractivity contribution is -0.137. The van der Waals surface area contributed by atoms with Crippen LogP contribution in [0, 0.1) is 0 Å². The predicted molar refractivity (Wildman–Crippen MR) is 92.6 cm³/mol. The summed E-state index contributed by atoms with van der Waals surface area (Å²) in [5.74, 6) is -0.754. The van der Waals surface area contributed by atoms with Crippen molar-refractivity contribution in [3.63, 3.8) is 0 Å². The Kier molecular flexibility index (Phi) is 6.48. The van der Waals surface area contributed by atoms with Crippen LogP contribution in [-0.2, 0) is 22.3 Å². The van der Waals surface area contributed by atoms with Crippen LogP contribution < -0.4 is 10.6 Å². The molecule has 1 aromatic carbocycles. The van der Waals surface area contributed by atoms with Crippen molar-refractivity contribution in [1.29, 1.82) is 0 Å². The van der Waals surface area contributed by atoms with Gasteiger partial charge in [-0.25, -0.2) is 0 Å². The fraction of sp³-hybridized carbons (Fsp3) is 0.556. The Labute approximate surface area is 155 Å². The summed E-state index contributed by atoms with van der Waals surface area (Å²) < 4.78 is 38.7. The molecule has 0 spiro atoms. The number of carbonyl (C=O) groups excluding carboxylic acids is 2. The molecule has 3 N–H and O–H groups in total. The molecule has 150 valence electrons. The van der Waals surface area contributed by atoms with Crippen LogP contribution in [-0.4, -0.2) is 53.1 Å². The molecule has 2 rings (SSSR count). The molecule has 0 radical (unpaired) electrons. The van der Waals surface area contributed by atoms with Crippen LogP contribution in [0.3, 0.4) is 0 Å². The van der Waals surface area contributed by atoms with Crippen LogP contribution >= 0.6 is 0 Å². The molecule has 0 aliphatic carbocycles. The van der Waals surface area contributed by atoms with E-state index >= 15 is 0 Å². The smallest absolute Gasteiger partial charge is 0.394 e. The molecule has 1 heterocycles. The van der Waals surface area contributed by atoms with E-state index in [0.717, 1.165) is 12.1 Å². The topological polar surface area (TPSA) is 81.7 Å². The highest BCUT2D eigenvalue weighted by atomic mass is 19.4. The zero-order chi connectivity index (χ0) is 20.2. The molecule has 1 atom stereocenters. The quantitative estimate of drug-likeness (QED) is 0.687. The maximum absolute atomic E-state index is 12.9. The van der Waals surface area contributed by atoms with Gasteiger partial charge in [-0.15, -0.1) is 0 Å². The van der Waals surface area contributed by atoms with E-state index in [1.54, 1.807) is 24.8 Å². The van der Waals surface area contributed by atoms with Crippen molar-refractivity contribution < 1.29 is 27.9 Å². The first-order chi connectivity index (χ1) is 12.5. The maximum Gasteiger partial charge on any atom is 0.416 e. The molecule has 1 aliphatic heterocycles. The van der Waals surface area contributed by atoms with E-state index in [-0.39, 0.29) is 25.5 Å². The molecule has 6 nitrogen and oxygen atoms in total. The Morgan fingerprint density at radius 2 is 2.07 bits per heavy atom. The molecule has 1 aromatic rings. The van der Waals surface area contributed by atoms with Crippen molar-refractivity contribution in [3.05, 3.63) is 35.4 Å². The number of rotatable bonds is 6. The van der Waals surface area contributed by atoms with Gasteiger partial charge in [-0.1, -0.05) is 18.2 Å². The van der Waals surface area contributed by atoms with Crippen LogP contribution in [0.25, 0.3) is 0 Å². The Balaban J connectivity index is 2.12. The Bertz CT molecular complexity index is 692. The zero-order valence-corrected chi connectivity index (χ0v) is 15.3. The summed E-state index contributed by atoms with van der Waals surface area (Å²) in [5.41, 5.74) is -1.16. The minimum absolute atomic E-state index is 0.124. The van der Waals surface area contributed by atoms with Gasteiger partial charge in [0.1, 0.15) is 0 Å². The first-order valence-corrected chi connectivity index (χ1v) is 8.61. The van der Waals surface area contributed by atoms with Crippen LogP contribution in [0.15, 0.2) is 24.3 Å². The van der Waals surface area contributed by atoms with E-state index in [1.807, 2.05) is 0 Å². The second-order valence-corrected chi connectivity index (χ2v) is 7.27. The number of hydrogen-bond acceptors (Lipinski definition) is 4. The van der Waals surface area contributed by atoms with Crippen molar-refractivity contribution in [2.24, 2.45) is 0 Å². The molecular weight excluding hydrogens is 363 g/mol. The highest BCUT2D eigenvalue weighted by Gasteiger charge is 2.34. The van der Waals surface area contributed by atoms with Crippen LogP contribution in [0.2, 0.25) is 0 Å². The summed E-state index contributed by atoms with van der Waals surface area (Å²) in [5, 5.41) is 14.6. The molecule has 0 saturated carbocycles. The number of halogens is 3. The van der Waals surface area contributed by atoms with E-state index in [1.165, 1.54) is 6.07 Å². The number of nitrogens with zero attached hydrogens (tertiary/aromatic N) is 1.